The predicted octanol–water partition coefficient (Wildman–Crippen LogP) is 3.62. The maximum absolute atomic E-state index is 13.0. The third-order valence-electron chi connectivity index (χ3n) is 2.87. The molecule has 0 fully saturated rings. The number of benzene rings is 2. The molecule has 0 aliphatic rings. The van der Waals surface area contributed by atoms with Crippen molar-refractivity contribution in [2.75, 3.05) is 5.32 Å². The van der Waals surface area contributed by atoms with Crippen molar-refractivity contribution >= 4 is 33.1 Å². The zero-order valence-corrected chi connectivity index (χ0v) is 11.3. The lowest BCUT2D eigenvalue weighted by Gasteiger charge is -2.05. The van der Waals surface area contributed by atoms with Crippen molar-refractivity contribution < 1.29 is 9.18 Å². The fraction of sp³-hybridized carbons (Fsp3) is 0.0667. The summed E-state index contributed by atoms with van der Waals surface area (Å²) in [7, 11) is 0. The average molecular weight is 286 g/mol. The van der Waals surface area contributed by atoms with E-state index in [4.69, 9.17) is 0 Å². The minimum Gasteiger partial charge on any atom is -0.326 e. The first kappa shape index (κ1) is 12.7. The van der Waals surface area contributed by atoms with E-state index in [2.05, 4.69) is 10.3 Å². The molecule has 0 spiro atoms. The van der Waals surface area contributed by atoms with Gasteiger partial charge in [0.1, 0.15) is 5.82 Å². The van der Waals surface area contributed by atoms with Gasteiger partial charge in [-0.15, -0.1) is 11.3 Å². The molecule has 0 aliphatic carbocycles. The largest absolute Gasteiger partial charge is 0.326 e. The lowest BCUT2D eigenvalue weighted by atomic mass is 10.1. The average Bonchev–Trinajstić information content (AvgIpc) is 2.86. The van der Waals surface area contributed by atoms with Gasteiger partial charge in [-0.1, -0.05) is 12.1 Å². The number of thiazole rings is 1. The van der Waals surface area contributed by atoms with Crippen LogP contribution in [0.2, 0.25) is 0 Å². The molecule has 1 aromatic heterocycles. The van der Waals surface area contributed by atoms with Crippen LogP contribution in [-0.4, -0.2) is 10.9 Å². The summed E-state index contributed by atoms with van der Waals surface area (Å²) in [5, 5.41) is 2.81. The number of nitrogens with one attached hydrogen (secondary N) is 1. The molecule has 3 rings (SSSR count). The summed E-state index contributed by atoms with van der Waals surface area (Å²) in [5.41, 5.74) is 4.06. The van der Waals surface area contributed by atoms with Crippen molar-refractivity contribution in [3.63, 3.8) is 0 Å². The molecule has 3 nitrogen and oxygen atoms in total. The molecule has 0 atom stereocenters. The zero-order chi connectivity index (χ0) is 13.9. The van der Waals surface area contributed by atoms with Crippen molar-refractivity contribution in [2.24, 2.45) is 0 Å². The Morgan fingerprint density at radius 1 is 1.25 bits per heavy atom. The summed E-state index contributed by atoms with van der Waals surface area (Å²) in [6.07, 6.45) is 0.151. The molecule has 2 aromatic carbocycles. The molecule has 1 N–H and O–H groups in total. The van der Waals surface area contributed by atoms with Crippen LogP contribution in [0.4, 0.5) is 10.1 Å². The Bertz CT molecular complexity index is 769. The van der Waals surface area contributed by atoms with Crippen LogP contribution in [0.15, 0.2) is 48.0 Å². The number of amides is 1. The molecule has 0 saturated heterocycles. The molecular formula is C15H11FN2OS. The Kier molecular flexibility index (Phi) is 3.43. The number of halogens is 1. The van der Waals surface area contributed by atoms with Crippen molar-refractivity contribution in [3.8, 4) is 0 Å². The maximum Gasteiger partial charge on any atom is 0.228 e. The molecule has 20 heavy (non-hydrogen) atoms. The Morgan fingerprint density at radius 3 is 3.00 bits per heavy atom. The number of anilines is 1. The van der Waals surface area contributed by atoms with E-state index in [1.54, 1.807) is 17.6 Å². The molecule has 0 bridgehead atoms. The van der Waals surface area contributed by atoms with Gasteiger partial charge in [-0.2, -0.15) is 0 Å². The van der Waals surface area contributed by atoms with Gasteiger partial charge in [0, 0.05) is 5.69 Å². The second kappa shape index (κ2) is 5.38. The van der Waals surface area contributed by atoms with E-state index in [0.717, 1.165) is 15.9 Å². The van der Waals surface area contributed by atoms with Gasteiger partial charge in [-0.3, -0.25) is 4.79 Å². The highest BCUT2D eigenvalue weighted by atomic mass is 32.1. The molecule has 5 heteroatoms. The third-order valence-corrected chi connectivity index (χ3v) is 3.66. The Morgan fingerprint density at radius 2 is 2.15 bits per heavy atom. The molecule has 0 aliphatic heterocycles. The molecule has 1 amide bonds. The number of aromatic nitrogens is 1. The van der Waals surface area contributed by atoms with Crippen LogP contribution in [0.25, 0.3) is 10.2 Å². The first-order chi connectivity index (χ1) is 9.70. The van der Waals surface area contributed by atoms with Gasteiger partial charge in [-0.05, 0) is 35.9 Å². The van der Waals surface area contributed by atoms with Crippen LogP contribution in [0.1, 0.15) is 5.56 Å². The molecule has 0 radical (unpaired) electrons. The van der Waals surface area contributed by atoms with Gasteiger partial charge in [-0.25, -0.2) is 9.37 Å². The monoisotopic (exact) mass is 286 g/mol. The standard InChI is InChI=1S/C15H11FN2OS/c16-11-3-1-2-10(6-11)7-15(19)18-12-4-5-13-14(8-12)20-9-17-13/h1-6,8-9H,7H2,(H,18,19). The third kappa shape index (κ3) is 2.83. The number of nitrogens with zero attached hydrogens (tertiary/aromatic N) is 1. The first-order valence-corrected chi connectivity index (χ1v) is 6.96. The van der Waals surface area contributed by atoms with Crippen LogP contribution >= 0.6 is 11.3 Å². The number of carbonyl (C=O) groups excluding carboxylic acids is 1. The Labute approximate surface area is 119 Å². The quantitative estimate of drug-likeness (QED) is 0.799. The summed E-state index contributed by atoms with van der Waals surface area (Å²) >= 11 is 1.52. The second-order valence-corrected chi connectivity index (χ2v) is 5.28. The van der Waals surface area contributed by atoms with E-state index in [1.165, 1.54) is 23.5 Å². The minimum atomic E-state index is -0.332. The van der Waals surface area contributed by atoms with E-state index in [1.807, 2.05) is 18.2 Å². The van der Waals surface area contributed by atoms with Crippen LogP contribution in [0.5, 0.6) is 0 Å². The van der Waals surface area contributed by atoms with E-state index < -0.39 is 0 Å². The molecule has 0 saturated carbocycles. The van der Waals surface area contributed by atoms with E-state index in [-0.39, 0.29) is 18.1 Å². The number of rotatable bonds is 3. The predicted molar refractivity (Wildman–Crippen MR) is 78.4 cm³/mol. The molecule has 0 unspecified atom stereocenters. The van der Waals surface area contributed by atoms with Gasteiger partial charge < -0.3 is 5.32 Å². The van der Waals surface area contributed by atoms with Gasteiger partial charge in [0.25, 0.3) is 0 Å². The fourth-order valence-electron chi connectivity index (χ4n) is 1.97. The summed E-state index contributed by atoms with van der Waals surface area (Å²) < 4.78 is 14.1. The summed E-state index contributed by atoms with van der Waals surface area (Å²) in [6.45, 7) is 0. The van der Waals surface area contributed by atoms with E-state index in [9.17, 15) is 9.18 Å². The topological polar surface area (TPSA) is 42.0 Å². The number of fused-ring (bicyclic) bond motifs is 1. The summed E-state index contributed by atoms with van der Waals surface area (Å²) in [6, 6.07) is 11.6. The number of hydrogen-bond acceptors (Lipinski definition) is 3. The van der Waals surface area contributed by atoms with Crippen molar-refractivity contribution in [2.45, 2.75) is 6.42 Å². The van der Waals surface area contributed by atoms with Gasteiger partial charge in [0.2, 0.25) is 5.91 Å². The maximum atomic E-state index is 13.0. The summed E-state index contributed by atoms with van der Waals surface area (Å²) in [5.74, 6) is -0.499. The van der Waals surface area contributed by atoms with Crippen molar-refractivity contribution in [1.82, 2.24) is 4.98 Å². The molecule has 3 aromatic rings. The highest BCUT2D eigenvalue weighted by Crippen LogP contribution is 2.21. The van der Waals surface area contributed by atoms with Crippen LogP contribution in [0, 0.1) is 5.82 Å². The van der Waals surface area contributed by atoms with Crippen LogP contribution < -0.4 is 5.32 Å². The van der Waals surface area contributed by atoms with E-state index in [0.29, 0.717) is 5.56 Å². The first-order valence-electron chi connectivity index (χ1n) is 6.08. The van der Waals surface area contributed by atoms with Crippen LogP contribution in [0.3, 0.4) is 0 Å². The van der Waals surface area contributed by atoms with E-state index >= 15 is 0 Å². The number of carbonyl (C=O) groups is 1. The smallest absolute Gasteiger partial charge is 0.228 e. The van der Waals surface area contributed by atoms with Gasteiger partial charge in [0.05, 0.1) is 22.1 Å². The summed E-state index contributed by atoms with van der Waals surface area (Å²) in [4.78, 5) is 16.1. The van der Waals surface area contributed by atoms with Gasteiger partial charge >= 0.3 is 0 Å². The van der Waals surface area contributed by atoms with Gasteiger partial charge in [0.15, 0.2) is 0 Å². The number of hydrogen-bond donors (Lipinski definition) is 1. The molecule has 100 valence electrons. The second-order valence-electron chi connectivity index (χ2n) is 4.39. The normalized spacial score (nSPS) is 10.7. The van der Waals surface area contributed by atoms with Crippen molar-refractivity contribution in [3.05, 3.63) is 59.4 Å². The molecule has 1 heterocycles. The minimum absolute atomic E-state index is 0.151. The highest BCUT2D eigenvalue weighted by molar-refractivity contribution is 7.16. The lowest BCUT2D eigenvalue weighted by Crippen LogP contribution is -2.14. The van der Waals surface area contributed by atoms with Crippen molar-refractivity contribution in [1.29, 1.82) is 0 Å². The fourth-order valence-corrected chi connectivity index (χ4v) is 2.69. The highest BCUT2D eigenvalue weighted by Gasteiger charge is 2.06. The Balaban J connectivity index is 1.72. The SMILES string of the molecule is O=C(Cc1cccc(F)c1)Nc1ccc2ncsc2c1. The van der Waals surface area contributed by atoms with Crippen LogP contribution in [-0.2, 0) is 11.2 Å². The lowest BCUT2D eigenvalue weighted by molar-refractivity contribution is -0.115. The molecular weight excluding hydrogens is 275 g/mol. The Hall–Kier alpha value is -2.27. The zero-order valence-electron chi connectivity index (χ0n) is 10.5.